The highest BCUT2D eigenvalue weighted by Crippen LogP contribution is 2.18. The predicted molar refractivity (Wildman–Crippen MR) is 81.5 cm³/mol. The molecule has 0 saturated carbocycles. The summed E-state index contributed by atoms with van der Waals surface area (Å²) < 4.78 is 13.1. The summed E-state index contributed by atoms with van der Waals surface area (Å²) in [7, 11) is 0. The van der Waals surface area contributed by atoms with E-state index in [9.17, 15) is 14.0 Å². The number of carbonyl (C=O) groups excluding carboxylic acids is 2. The summed E-state index contributed by atoms with van der Waals surface area (Å²) in [5, 5.41) is 5.34. The molecule has 3 amide bonds. The van der Waals surface area contributed by atoms with Gasteiger partial charge in [-0.1, -0.05) is 6.07 Å². The molecule has 0 spiro atoms. The molecule has 0 unspecified atom stereocenters. The fraction of sp³-hybridized carbons (Fsp3) is 0.125. The van der Waals surface area contributed by atoms with E-state index in [0.717, 1.165) is 5.69 Å². The zero-order valence-electron chi connectivity index (χ0n) is 11.7. The highest BCUT2D eigenvalue weighted by atomic mass is 19.1. The normalized spacial score (nSPS) is 13.9. The largest absolute Gasteiger partial charge is 0.336 e. The van der Waals surface area contributed by atoms with Gasteiger partial charge in [0.05, 0.1) is 0 Å². The highest BCUT2D eigenvalue weighted by molar-refractivity contribution is 6.04. The predicted octanol–water partition coefficient (Wildman–Crippen LogP) is 2.61. The van der Waals surface area contributed by atoms with Crippen molar-refractivity contribution >= 4 is 23.3 Å². The van der Waals surface area contributed by atoms with E-state index in [1.807, 2.05) is 0 Å². The Balaban J connectivity index is 1.72. The van der Waals surface area contributed by atoms with Crippen molar-refractivity contribution in [3.05, 3.63) is 59.9 Å². The first kappa shape index (κ1) is 14.1. The monoisotopic (exact) mass is 299 g/mol. The lowest BCUT2D eigenvalue weighted by Gasteiger charge is -2.14. The summed E-state index contributed by atoms with van der Waals surface area (Å²) in [6.07, 6.45) is 0. The molecule has 2 aromatic carbocycles. The van der Waals surface area contributed by atoms with E-state index >= 15 is 0 Å². The minimum atomic E-state index is -0.409. The first-order valence-corrected chi connectivity index (χ1v) is 6.86. The maximum absolute atomic E-state index is 13.1. The standard InChI is InChI=1S/C16H14FN3O2/c17-12-2-1-3-13(10-12)19-15(21)11-4-6-14(7-5-11)20-9-8-18-16(20)22/h1-7,10H,8-9H2,(H,18,22)(H,19,21). The molecule has 0 radical (unpaired) electrons. The summed E-state index contributed by atoms with van der Waals surface area (Å²) >= 11 is 0. The topological polar surface area (TPSA) is 61.4 Å². The number of halogens is 1. The summed E-state index contributed by atoms with van der Waals surface area (Å²) in [5.74, 6) is -0.740. The van der Waals surface area contributed by atoms with Crippen molar-refractivity contribution in [2.75, 3.05) is 23.3 Å². The van der Waals surface area contributed by atoms with E-state index in [1.54, 1.807) is 35.2 Å². The van der Waals surface area contributed by atoms with E-state index in [-0.39, 0.29) is 11.9 Å². The van der Waals surface area contributed by atoms with Crippen LogP contribution >= 0.6 is 0 Å². The maximum Gasteiger partial charge on any atom is 0.321 e. The lowest BCUT2D eigenvalue weighted by Crippen LogP contribution is -2.27. The van der Waals surface area contributed by atoms with Gasteiger partial charge in [0.15, 0.2) is 0 Å². The Hall–Kier alpha value is -2.89. The van der Waals surface area contributed by atoms with Gasteiger partial charge >= 0.3 is 6.03 Å². The zero-order chi connectivity index (χ0) is 15.5. The molecule has 0 aromatic heterocycles. The average molecular weight is 299 g/mol. The second kappa shape index (κ2) is 5.85. The molecule has 112 valence electrons. The van der Waals surface area contributed by atoms with Crippen LogP contribution in [-0.2, 0) is 0 Å². The van der Waals surface area contributed by atoms with Crippen molar-refractivity contribution in [3.8, 4) is 0 Å². The molecule has 0 atom stereocenters. The van der Waals surface area contributed by atoms with Gasteiger partial charge in [0.2, 0.25) is 0 Å². The lowest BCUT2D eigenvalue weighted by molar-refractivity contribution is 0.102. The number of urea groups is 1. The van der Waals surface area contributed by atoms with Crippen LogP contribution < -0.4 is 15.5 Å². The van der Waals surface area contributed by atoms with Crippen molar-refractivity contribution in [2.45, 2.75) is 0 Å². The molecule has 3 rings (SSSR count). The minimum Gasteiger partial charge on any atom is -0.336 e. The first-order chi connectivity index (χ1) is 10.6. The summed E-state index contributed by atoms with van der Waals surface area (Å²) in [5.41, 5.74) is 1.57. The van der Waals surface area contributed by atoms with Crippen LogP contribution in [-0.4, -0.2) is 25.0 Å². The third-order valence-corrected chi connectivity index (χ3v) is 3.38. The Morgan fingerprint density at radius 3 is 2.59 bits per heavy atom. The fourth-order valence-corrected chi connectivity index (χ4v) is 2.28. The second-order valence-electron chi connectivity index (χ2n) is 4.89. The Kier molecular flexibility index (Phi) is 3.74. The van der Waals surface area contributed by atoms with Gasteiger partial charge in [0, 0.05) is 30.0 Å². The summed E-state index contributed by atoms with van der Waals surface area (Å²) in [4.78, 5) is 25.3. The Labute approximate surface area is 126 Å². The molecule has 1 heterocycles. The number of hydrogen-bond donors (Lipinski definition) is 2. The number of rotatable bonds is 3. The van der Waals surface area contributed by atoms with Crippen molar-refractivity contribution in [1.82, 2.24) is 5.32 Å². The van der Waals surface area contributed by atoms with Gasteiger partial charge in [0.1, 0.15) is 5.82 Å². The van der Waals surface area contributed by atoms with E-state index in [1.165, 1.54) is 18.2 Å². The third-order valence-electron chi connectivity index (χ3n) is 3.38. The van der Waals surface area contributed by atoms with Crippen LogP contribution in [0, 0.1) is 5.82 Å². The van der Waals surface area contributed by atoms with Crippen molar-refractivity contribution in [1.29, 1.82) is 0 Å². The van der Waals surface area contributed by atoms with Gasteiger partial charge in [-0.15, -0.1) is 0 Å². The molecule has 6 heteroatoms. The molecule has 2 aromatic rings. The minimum absolute atomic E-state index is 0.142. The third kappa shape index (κ3) is 2.90. The van der Waals surface area contributed by atoms with E-state index in [0.29, 0.717) is 24.3 Å². The molecular formula is C16H14FN3O2. The Morgan fingerprint density at radius 2 is 1.95 bits per heavy atom. The molecule has 0 bridgehead atoms. The zero-order valence-corrected chi connectivity index (χ0v) is 11.7. The van der Waals surface area contributed by atoms with Gasteiger partial charge in [0.25, 0.3) is 5.91 Å². The van der Waals surface area contributed by atoms with Crippen molar-refractivity contribution in [3.63, 3.8) is 0 Å². The van der Waals surface area contributed by atoms with Crippen LogP contribution in [0.15, 0.2) is 48.5 Å². The van der Waals surface area contributed by atoms with Gasteiger partial charge in [-0.3, -0.25) is 9.69 Å². The SMILES string of the molecule is O=C(Nc1cccc(F)c1)c1ccc(N2CCNC2=O)cc1. The van der Waals surface area contributed by atoms with Crippen LogP contribution in [0.4, 0.5) is 20.6 Å². The molecule has 1 aliphatic rings. The highest BCUT2D eigenvalue weighted by Gasteiger charge is 2.21. The average Bonchev–Trinajstić information content (AvgIpc) is 2.93. The van der Waals surface area contributed by atoms with Gasteiger partial charge < -0.3 is 10.6 Å². The Bertz CT molecular complexity index is 716. The smallest absolute Gasteiger partial charge is 0.321 e. The van der Waals surface area contributed by atoms with Crippen LogP contribution in [0.5, 0.6) is 0 Å². The van der Waals surface area contributed by atoms with Crippen LogP contribution in [0.2, 0.25) is 0 Å². The number of amides is 3. The van der Waals surface area contributed by atoms with Gasteiger partial charge in [-0.05, 0) is 42.5 Å². The van der Waals surface area contributed by atoms with E-state index in [4.69, 9.17) is 0 Å². The number of hydrogen-bond acceptors (Lipinski definition) is 2. The van der Waals surface area contributed by atoms with Gasteiger partial charge in [-0.2, -0.15) is 0 Å². The van der Waals surface area contributed by atoms with E-state index < -0.39 is 5.82 Å². The summed E-state index contributed by atoms with van der Waals surface area (Å²) in [6.45, 7) is 1.22. The van der Waals surface area contributed by atoms with Crippen LogP contribution in [0.3, 0.4) is 0 Å². The quantitative estimate of drug-likeness (QED) is 0.915. The molecule has 0 aliphatic carbocycles. The Morgan fingerprint density at radius 1 is 1.18 bits per heavy atom. The molecule has 1 aliphatic heterocycles. The molecule has 1 fully saturated rings. The van der Waals surface area contributed by atoms with E-state index in [2.05, 4.69) is 10.6 Å². The molecule has 5 nitrogen and oxygen atoms in total. The molecule has 2 N–H and O–H groups in total. The van der Waals surface area contributed by atoms with Crippen LogP contribution in [0.1, 0.15) is 10.4 Å². The van der Waals surface area contributed by atoms with Crippen molar-refractivity contribution < 1.29 is 14.0 Å². The first-order valence-electron chi connectivity index (χ1n) is 6.86. The lowest BCUT2D eigenvalue weighted by atomic mass is 10.1. The second-order valence-corrected chi connectivity index (χ2v) is 4.89. The van der Waals surface area contributed by atoms with Crippen LogP contribution in [0.25, 0.3) is 0 Å². The number of nitrogens with one attached hydrogen (secondary N) is 2. The maximum atomic E-state index is 13.1. The number of carbonyl (C=O) groups is 2. The fourth-order valence-electron chi connectivity index (χ4n) is 2.28. The number of benzene rings is 2. The number of anilines is 2. The van der Waals surface area contributed by atoms with Crippen molar-refractivity contribution in [2.24, 2.45) is 0 Å². The number of nitrogens with zero attached hydrogens (tertiary/aromatic N) is 1. The molecular weight excluding hydrogens is 285 g/mol. The molecule has 1 saturated heterocycles. The van der Waals surface area contributed by atoms with Gasteiger partial charge in [-0.25, -0.2) is 9.18 Å². The summed E-state index contributed by atoms with van der Waals surface area (Å²) in [6, 6.07) is 12.3. The molecule has 22 heavy (non-hydrogen) atoms.